The van der Waals surface area contributed by atoms with Crippen LogP contribution in [0.2, 0.25) is 0 Å². The molecule has 0 saturated heterocycles. The first kappa shape index (κ1) is 25.2. The molecule has 0 fully saturated rings. The lowest BCUT2D eigenvalue weighted by Crippen LogP contribution is -2.34. The Bertz CT molecular complexity index is 1700. The van der Waals surface area contributed by atoms with Crippen molar-refractivity contribution < 1.29 is 9.18 Å². The van der Waals surface area contributed by atoms with Gasteiger partial charge in [-0.15, -0.1) is 11.3 Å². The second kappa shape index (κ2) is 10.6. The summed E-state index contributed by atoms with van der Waals surface area (Å²) < 4.78 is 15.8. The molecule has 1 N–H and O–H groups in total. The number of hydrogen-bond donors (Lipinski definition) is 1. The van der Waals surface area contributed by atoms with Gasteiger partial charge in [-0.2, -0.15) is 0 Å². The Hall–Kier alpha value is -4.08. The lowest BCUT2D eigenvalue weighted by molar-refractivity contribution is -0.126. The van der Waals surface area contributed by atoms with E-state index < -0.39 is 0 Å². The van der Waals surface area contributed by atoms with Crippen molar-refractivity contribution in [2.24, 2.45) is 0 Å². The fourth-order valence-corrected chi connectivity index (χ4v) is 6.27. The maximum Gasteiger partial charge on any atom is 0.246 e. The normalized spacial score (nSPS) is 13.6. The predicted molar refractivity (Wildman–Crippen MR) is 155 cm³/mol. The van der Waals surface area contributed by atoms with Crippen LogP contribution in [0.4, 0.5) is 15.9 Å². The Kier molecular flexibility index (Phi) is 6.85. The molecule has 9 heteroatoms. The van der Waals surface area contributed by atoms with E-state index in [0.717, 1.165) is 51.2 Å². The third-order valence-corrected chi connectivity index (χ3v) is 8.08. The quantitative estimate of drug-likeness (QED) is 0.273. The van der Waals surface area contributed by atoms with Gasteiger partial charge in [-0.1, -0.05) is 18.2 Å². The van der Waals surface area contributed by atoms with Crippen molar-refractivity contribution in [2.75, 3.05) is 32.5 Å². The molecule has 3 aromatic heterocycles. The van der Waals surface area contributed by atoms with Gasteiger partial charge in [0.15, 0.2) is 0 Å². The molecule has 0 aliphatic carbocycles. The molecule has 0 saturated carbocycles. The van der Waals surface area contributed by atoms with Crippen LogP contribution in [0, 0.1) is 5.82 Å². The number of carbonyl (C=O) groups excluding carboxylic acids is 1. The van der Waals surface area contributed by atoms with E-state index in [-0.39, 0.29) is 11.7 Å². The topological polar surface area (TPSA) is 66.3 Å². The van der Waals surface area contributed by atoms with Crippen LogP contribution >= 0.6 is 11.3 Å². The van der Waals surface area contributed by atoms with Gasteiger partial charge in [-0.05, 0) is 68.0 Å². The van der Waals surface area contributed by atoms with Crippen molar-refractivity contribution in [3.05, 3.63) is 95.0 Å². The van der Waals surface area contributed by atoms with Gasteiger partial charge in [0.25, 0.3) is 0 Å². The molecule has 1 aliphatic rings. The lowest BCUT2D eigenvalue weighted by Gasteiger charge is -2.26. The monoisotopic (exact) mass is 540 g/mol. The summed E-state index contributed by atoms with van der Waals surface area (Å²) in [6.07, 6.45) is 7.97. The summed E-state index contributed by atoms with van der Waals surface area (Å²) in [6.45, 7) is 2.60. The molecule has 198 valence electrons. The molecule has 1 amide bonds. The van der Waals surface area contributed by atoms with Crippen LogP contribution < -0.4 is 5.32 Å². The number of likely N-dealkylation sites (N-methyl/N-ethyl adjacent to an activating group) is 1. The summed E-state index contributed by atoms with van der Waals surface area (Å²) in [4.78, 5) is 27.9. The zero-order valence-corrected chi connectivity index (χ0v) is 22.7. The molecule has 0 atom stereocenters. The molecule has 5 aromatic rings. The first-order valence-electron chi connectivity index (χ1n) is 12.9. The lowest BCUT2D eigenvalue weighted by atomic mass is 10.0. The van der Waals surface area contributed by atoms with Crippen LogP contribution in [-0.4, -0.2) is 57.4 Å². The maximum atomic E-state index is 13.6. The standard InChI is InChI=1S/C30H29FN6OS/c1-35(2)12-4-7-27(38)37-14-11-24-26(18-37)39-30-28(24)29(32-19-33-30)34-23-8-9-25-21(16-23)10-13-36(25)17-20-5-3-6-22(31)15-20/h3-10,13,15-16,19H,11-12,14,17-18H2,1-2H3,(H,32,33,34). The summed E-state index contributed by atoms with van der Waals surface area (Å²) in [5.74, 6) is 0.599. The number of anilines is 2. The van der Waals surface area contributed by atoms with Crippen LogP contribution in [0.1, 0.15) is 16.0 Å². The number of rotatable bonds is 7. The average Bonchev–Trinajstić information content (AvgIpc) is 3.49. The van der Waals surface area contributed by atoms with E-state index >= 15 is 0 Å². The molecular weight excluding hydrogens is 511 g/mol. The van der Waals surface area contributed by atoms with E-state index in [0.29, 0.717) is 19.6 Å². The Labute approximate surface area is 230 Å². The van der Waals surface area contributed by atoms with Gasteiger partial charge in [0.1, 0.15) is 22.8 Å². The largest absolute Gasteiger partial charge is 0.343 e. The minimum atomic E-state index is -0.224. The molecule has 2 aromatic carbocycles. The highest BCUT2D eigenvalue weighted by atomic mass is 32.1. The molecule has 0 spiro atoms. The highest BCUT2D eigenvalue weighted by Crippen LogP contribution is 2.38. The van der Waals surface area contributed by atoms with Gasteiger partial charge in [0.05, 0.1) is 11.9 Å². The van der Waals surface area contributed by atoms with Gasteiger partial charge >= 0.3 is 0 Å². The molecule has 0 radical (unpaired) electrons. The van der Waals surface area contributed by atoms with Gasteiger partial charge in [-0.3, -0.25) is 4.79 Å². The summed E-state index contributed by atoms with van der Waals surface area (Å²) in [6, 6.07) is 15.0. The fourth-order valence-electron chi connectivity index (χ4n) is 5.06. The number of halogens is 1. The van der Waals surface area contributed by atoms with Crippen LogP contribution in [0.5, 0.6) is 0 Å². The highest BCUT2D eigenvalue weighted by molar-refractivity contribution is 7.19. The summed E-state index contributed by atoms with van der Waals surface area (Å²) in [5.41, 5.74) is 4.16. The summed E-state index contributed by atoms with van der Waals surface area (Å²) in [7, 11) is 3.96. The maximum absolute atomic E-state index is 13.6. The van der Waals surface area contributed by atoms with E-state index in [2.05, 4.69) is 38.1 Å². The number of amides is 1. The number of benzene rings is 2. The Balaban J connectivity index is 1.23. The molecule has 7 nitrogen and oxygen atoms in total. The number of fused-ring (bicyclic) bond motifs is 4. The minimum Gasteiger partial charge on any atom is -0.343 e. The highest BCUT2D eigenvalue weighted by Gasteiger charge is 2.25. The molecule has 6 rings (SSSR count). The van der Waals surface area contributed by atoms with Crippen LogP contribution in [0.15, 0.2) is 73.2 Å². The van der Waals surface area contributed by atoms with E-state index in [9.17, 15) is 9.18 Å². The van der Waals surface area contributed by atoms with Crippen LogP contribution in [0.3, 0.4) is 0 Å². The third kappa shape index (κ3) is 5.28. The van der Waals surface area contributed by atoms with Crippen molar-refractivity contribution in [3.8, 4) is 0 Å². The number of nitrogens with one attached hydrogen (secondary N) is 1. The van der Waals surface area contributed by atoms with E-state index in [1.807, 2.05) is 48.3 Å². The van der Waals surface area contributed by atoms with E-state index in [1.165, 1.54) is 16.5 Å². The van der Waals surface area contributed by atoms with Gasteiger partial charge in [0, 0.05) is 53.4 Å². The van der Waals surface area contributed by atoms with Crippen LogP contribution in [-0.2, 0) is 24.3 Å². The Morgan fingerprint density at radius 3 is 2.92 bits per heavy atom. The van der Waals surface area contributed by atoms with Crippen molar-refractivity contribution >= 4 is 49.9 Å². The molecule has 0 unspecified atom stereocenters. The summed E-state index contributed by atoms with van der Waals surface area (Å²) in [5, 5.41) is 5.64. The SMILES string of the molecule is CN(C)CC=CC(=O)N1CCc2c(sc3ncnc(Nc4ccc5c(ccn5Cc5cccc(F)c5)c4)c23)C1. The van der Waals surface area contributed by atoms with E-state index in [4.69, 9.17) is 0 Å². The van der Waals surface area contributed by atoms with E-state index in [1.54, 1.807) is 35.9 Å². The first-order valence-corrected chi connectivity index (χ1v) is 13.7. The van der Waals surface area contributed by atoms with Crippen molar-refractivity contribution in [1.82, 2.24) is 24.3 Å². The molecule has 1 aliphatic heterocycles. The average molecular weight is 541 g/mol. The molecule has 39 heavy (non-hydrogen) atoms. The molecule has 0 bridgehead atoms. The van der Waals surface area contributed by atoms with Crippen molar-refractivity contribution in [2.45, 2.75) is 19.5 Å². The third-order valence-electron chi connectivity index (χ3n) is 6.96. The summed E-state index contributed by atoms with van der Waals surface area (Å²) >= 11 is 1.63. The number of nitrogens with zero attached hydrogens (tertiary/aromatic N) is 5. The molecular formula is C30H29FN6OS. The zero-order chi connectivity index (χ0) is 26.9. The van der Waals surface area contributed by atoms with Gasteiger partial charge < -0.3 is 19.7 Å². The molecule has 4 heterocycles. The number of hydrogen-bond acceptors (Lipinski definition) is 6. The van der Waals surface area contributed by atoms with Crippen molar-refractivity contribution in [1.29, 1.82) is 0 Å². The second-order valence-electron chi connectivity index (χ2n) is 10.1. The first-order chi connectivity index (χ1) is 18.9. The van der Waals surface area contributed by atoms with Gasteiger partial charge in [-0.25, -0.2) is 14.4 Å². The van der Waals surface area contributed by atoms with Crippen LogP contribution in [0.25, 0.3) is 21.1 Å². The Morgan fingerprint density at radius 2 is 2.08 bits per heavy atom. The van der Waals surface area contributed by atoms with Gasteiger partial charge in [0.2, 0.25) is 5.91 Å². The smallest absolute Gasteiger partial charge is 0.246 e. The second-order valence-corrected chi connectivity index (χ2v) is 11.1. The zero-order valence-electron chi connectivity index (χ0n) is 21.9. The number of carbonyl (C=O) groups is 1. The van der Waals surface area contributed by atoms with Crippen molar-refractivity contribution in [3.63, 3.8) is 0 Å². The fraction of sp³-hybridized carbons (Fsp3) is 0.233. The predicted octanol–water partition coefficient (Wildman–Crippen LogP) is 5.58. The minimum absolute atomic E-state index is 0.0435. The number of aromatic nitrogens is 3. The Morgan fingerprint density at radius 1 is 1.18 bits per heavy atom. The number of thiophene rings is 1.